The van der Waals surface area contributed by atoms with Crippen molar-refractivity contribution in [1.29, 1.82) is 0 Å². The number of hydrogen-bond acceptors (Lipinski definition) is 1. The van der Waals surface area contributed by atoms with E-state index in [1.165, 1.54) is 34.6 Å². The third-order valence-corrected chi connectivity index (χ3v) is 18.1. The molecule has 0 aliphatic heterocycles. The summed E-state index contributed by atoms with van der Waals surface area (Å²) in [7, 11) is 6.16. The third-order valence-electron chi connectivity index (χ3n) is 1.54. The van der Waals surface area contributed by atoms with Gasteiger partial charge in [-0.1, -0.05) is 0 Å². The van der Waals surface area contributed by atoms with Crippen LogP contribution in [-0.2, 0) is 1.41 Å². The Bertz CT molecular complexity index is 93.1. The van der Waals surface area contributed by atoms with Crippen molar-refractivity contribution in [3.63, 3.8) is 0 Å². The zero-order valence-corrected chi connectivity index (χ0v) is 14.5. The number of hydrogen-bond donors (Lipinski definition) is 0. The average Bonchev–Trinajstić information content (AvgIpc) is 2.09. The van der Waals surface area contributed by atoms with Crippen molar-refractivity contribution in [1.82, 2.24) is 0 Å². The molecule has 0 heterocycles. The predicted molar refractivity (Wildman–Crippen MR) is 57.9 cm³/mol. The van der Waals surface area contributed by atoms with Crippen LogP contribution in [0.5, 0.6) is 0 Å². The number of halogens is 1. The first-order chi connectivity index (χ1) is 5.81. The van der Waals surface area contributed by atoms with E-state index in [4.69, 9.17) is 10.3 Å². The van der Waals surface area contributed by atoms with Gasteiger partial charge in [-0.2, -0.15) is 0 Å². The molecule has 0 aromatic carbocycles. The van der Waals surface area contributed by atoms with Crippen LogP contribution in [0.1, 0.15) is 39.5 Å². The SMILES string of the molecule is CCC[CH2][Sn][O][Sn]([Cl])[CH2]CCC. The molecular formula is C8H18ClOSn2. The maximum atomic E-state index is 6.16. The third kappa shape index (κ3) is 9.93. The molecule has 0 aromatic heterocycles. The molecule has 3 radical (unpaired) electrons. The van der Waals surface area contributed by atoms with Crippen molar-refractivity contribution in [2.24, 2.45) is 0 Å². The summed E-state index contributed by atoms with van der Waals surface area (Å²) in [6.07, 6.45) is 5.21. The van der Waals surface area contributed by atoms with Crippen LogP contribution in [0, 0.1) is 0 Å². The van der Waals surface area contributed by atoms with Crippen LogP contribution in [0.4, 0.5) is 0 Å². The van der Waals surface area contributed by atoms with Gasteiger partial charge in [-0.3, -0.25) is 0 Å². The second-order valence-corrected chi connectivity index (χ2v) is 15.8. The van der Waals surface area contributed by atoms with Crippen molar-refractivity contribution in [3.8, 4) is 0 Å². The van der Waals surface area contributed by atoms with Crippen molar-refractivity contribution >= 4 is 49.5 Å². The van der Waals surface area contributed by atoms with Crippen molar-refractivity contribution in [3.05, 3.63) is 0 Å². The molecule has 0 fully saturated rings. The predicted octanol–water partition coefficient (Wildman–Crippen LogP) is 3.37. The summed E-state index contributed by atoms with van der Waals surface area (Å²) in [4.78, 5) is 0. The van der Waals surface area contributed by atoms with E-state index in [0.29, 0.717) is 0 Å². The van der Waals surface area contributed by atoms with E-state index in [1.54, 1.807) is 0 Å². The second kappa shape index (κ2) is 10.9. The Hall–Kier alpha value is 1.85. The van der Waals surface area contributed by atoms with E-state index < -0.39 is 40.6 Å². The number of rotatable bonds is 8. The van der Waals surface area contributed by atoms with Crippen molar-refractivity contribution in [2.75, 3.05) is 0 Å². The molecule has 0 aliphatic rings. The fourth-order valence-electron chi connectivity index (χ4n) is 0.745. The first-order valence-corrected chi connectivity index (χ1v) is 14.7. The Morgan fingerprint density at radius 3 is 2.50 bits per heavy atom. The molecule has 0 amide bonds. The van der Waals surface area contributed by atoms with Crippen LogP contribution >= 0.6 is 8.92 Å². The van der Waals surface area contributed by atoms with Gasteiger partial charge in [0.2, 0.25) is 0 Å². The molecule has 0 rings (SSSR count). The van der Waals surface area contributed by atoms with E-state index >= 15 is 0 Å². The van der Waals surface area contributed by atoms with Crippen molar-refractivity contribution in [2.45, 2.75) is 48.4 Å². The monoisotopic (exact) mass is 405 g/mol. The standard InChI is InChI=1S/2C4H9.ClH.O.2Sn/c2*1-3-4-2;;;;/h2*1,3-4H2,2H3;1H;;;/q;;;;;+1/p-1. The van der Waals surface area contributed by atoms with Gasteiger partial charge < -0.3 is 0 Å². The molecule has 0 N–H and O–H groups in total. The van der Waals surface area contributed by atoms with Crippen molar-refractivity contribution < 1.29 is 1.41 Å². The van der Waals surface area contributed by atoms with E-state index in [2.05, 4.69) is 13.8 Å². The van der Waals surface area contributed by atoms with Crippen LogP contribution in [0.3, 0.4) is 0 Å². The molecule has 71 valence electrons. The van der Waals surface area contributed by atoms with Crippen LogP contribution < -0.4 is 0 Å². The minimum atomic E-state index is -1.73. The molecule has 0 aromatic rings. The van der Waals surface area contributed by atoms with Crippen LogP contribution in [0.25, 0.3) is 0 Å². The Morgan fingerprint density at radius 2 is 1.92 bits per heavy atom. The molecule has 0 spiro atoms. The van der Waals surface area contributed by atoms with Crippen LogP contribution in [0.15, 0.2) is 0 Å². The molecule has 4 heteroatoms. The quantitative estimate of drug-likeness (QED) is 0.446. The topological polar surface area (TPSA) is 9.23 Å². The summed E-state index contributed by atoms with van der Waals surface area (Å²) in [5, 5.41) is 0. The second-order valence-electron chi connectivity index (χ2n) is 2.81. The van der Waals surface area contributed by atoms with Gasteiger partial charge in [-0.15, -0.1) is 0 Å². The summed E-state index contributed by atoms with van der Waals surface area (Å²) >= 11 is -2.20. The summed E-state index contributed by atoms with van der Waals surface area (Å²) in [6.45, 7) is 4.45. The molecule has 0 atom stereocenters. The summed E-state index contributed by atoms with van der Waals surface area (Å²) < 4.78 is 8.37. The number of unbranched alkanes of at least 4 members (excludes halogenated alkanes) is 2. The average molecular weight is 403 g/mol. The summed E-state index contributed by atoms with van der Waals surface area (Å²) in [6, 6.07) is 0. The van der Waals surface area contributed by atoms with Gasteiger partial charge in [-0.05, 0) is 0 Å². The fraction of sp³-hybridized carbons (Fsp3) is 1.00. The first kappa shape index (κ1) is 13.8. The van der Waals surface area contributed by atoms with E-state index in [1.807, 2.05) is 0 Å². The first-order valence-electron chi connectivity index (χ1n) is 4.72. The van der Waals surface area contributed by atoms with Gasteiger partial charge in [0, 0.05) is 0 Å². The molecule has 0 saturated carbocycles. The fourth-order valence-corrected chi connectivity index (χ4v) is 15.3. The molecule has 1 nitrogen and oxygen atoms in total. The molecular weight excluding hydrogens is 385 g/mol. The molecule has 0 unspecified atom stereocenters. The van der Waals surface area contributed by atoms with Gasteiger partial charge in [-0.25, -0.2) is 0 Å². The summed E-state index contributed by atoms with van der Waals surface area (Å²) in [5.41, 5.74) is 0. The maximum absolute atomic E-state index is 6.16. The Kier molecular flexibility index (Phi) is 12.6. The van der Waals surface area contributed by atoms with E-state index in [9.17, 15) is 0 Å². The normalized spacial score (nSPS) is 11.0. The van der Waals surface area contributed by atoms with E-state index in [0.717, 1.165) is 0 Å². The van der Waals surface area contributed by atoms with Gasteiger partial charge in [0.05, 0.1) is 0 Å². The van der Waals surface area contributed by atoms with Gasteiger partial charge in [0.25, 0.3) is 0 Å². The minimum absolute atomic E-state index is 0.473. The van der Waals surface area contributed by atoms with Crippen LogP contribution in [0.2, 0.25) is 8.87 Å². The Balaban J connectivity index is 3.02. The van der Waals surface area contributed by atoms with Gasteiger partial charge in [0.1, 0.15) is 0 Å². The Labute approximate surface area is 98.4 Å². The molecule has 12 heavy (non-hydrogen) atoms. The summed E-state index contributed by atoms with van der Waals surface area (Å²) in [5.74, 6) is 0. The zero-order chi connectivity index (χ0) is 9.23. The van der Waals surface area contributed by atoms with Crippen LogP contribution in [-0.4, -0.2) is 40.6 Å². The van der Waals surface area contributed by atoms with Gasteiger partial charge >= 0.3 is 99.3 Å². The molecule has 0 bridgehead atoms. The Morgan fingerprint density at radius 1 is 1.25 bits per heavy atom. The zero-order valence-electron chi connectivity index (χ0n) is 8.03. The molecule has 0 aliphatic carbocycles. The molecule has 0 saturated heterocycles. The van der Waals surface area contributed by atoms with E-state index in [-0.39, 0.29) is 0 Å². The van der Waals surface area contributed by atoms with Gasteiger partial charge in [0.15, 0.2) is 0 Å².